The van der Waals surface area contributed by atoms with Crippen molar-refractivity contribution in [2.24, 2.45) is 0 Å². The number of anilines is 2. The van der Waals surface area contributed by atoms with Crippen LogP contribution in [-0.2, 0) is 9.59 Å². The van der Waals surface area contributed by atoms with Crippen molar-refractivity contribution >= 4 is 23.5 Å². The van der Waals surface area contributed by atoms with Gasteiger partial charge in [-0.25, -0.2) is 4.68 Å². The molecule has 3 aromatic rings. The first-order chi connectivity index (χ1) is 13.1. The van der Waals surface area contributed by atoms with Gasteiger partial charge in [0, 0.05) is 23.6 Å². The van der Waals surface area contributed by atoms with Crippen LogP contribution in [0.2, 0.25) is 0 Å². The number of nitrogens with zero attached hydrogens (tertiary/aromatic N) is 4. The van der Waals surface area contributed by atoms with Crippen LogP contribution in [-0.4, -0.2) is 38.7 Å². The number of carbonyl (C=O) groups is 2. The molecule has 2 aromatic heterocycles. The quantitative estimate of drug-likeness (QED) is 0.731. The van der Waals surface area contributed by atoms with Crippen molar-refractivity contribution in [3.63, 3.8) is 0 Å². The number of ether oxygens (including phenoxy) is 1. The zero-order chi connectivity index (χ0) is 18.8. The van der Waals surface area contributed by atoms with Gasteiger partial charge in [-0.05, 0) is 36.4 Å². The molecule has 0 aliphatic carbocycles. The van der Waals surface area contributed by atoms with Crippen LogP contribution in [0, 0.1) is 0 Å². The first kappa shape index (κ1) is 16.7. The highest BCUT2D eigenvalue weighted by Gasteiger charge is 2.33. The molecule has 136 valence electrons. The number of benzene rings is 1. The molecule has 9 nitrogen and oxygen atoms in total. The summed E-state index contributed by atoms with van der Waals surface area (Å²) in [6.07, 6.45) is 3.24. The maximum atomic E-state index is 12.8. The summed E-state index contributed by atoms with van der Waals surface area (Å²) in [6.45, 7) is 0. The molecule has 4 rings (SSSR count). The SMILES string of the molecule is COc1ccc(NC(=O)[C@@H]2CC(=O)Nc3nc(-c4cccnc4)nn32)cc1. The molecule has 3 heterocycles. The highest BCUT2D eigenvalue weighted by atomic mass is 16.5. The maximum absolute atomic E-state index is 12.8. The molecule has 1 atom stereocenters. The number of nitrogens with one attached hydrogen (secondary N) is 2. The van der Waals surface area contributed by atoms with Crippen molar-refractivity contribution < 1.29 is 14.3 Å². The van der Waals surface area contributed by atoms with Crippen LogP contribution in [0.3, 0.4) is 0 Å². The Bertz CT molecular complexity index is 984. The lowest BCUT2D eigenvalue weighted by Gasteiger charge is -2.22. The number of pyridine rings is 1. The van der Waals surface area contributed by atoms with E-state index in [-0.39, 0.29) is 24.2 Å². The number of hydrogen-bond acceptors (Lipinski definition) is 6. The van der Waals surface area contributed by atoms with Crippen molar-refractivity contribution in [3.8, 4) is 17.1 Å². The lowest BCUT2D eigenvalue weighted by Crippen LogP contribution is -2.36. The van der Waals surface area contributed by atoms with Crippen LogP contribution < -0.4 is 15.4 Å². The average Bonchev–Trinajstić information content (AvgIpc) is 3.12. The Hall–Kier alpha value is -3.75. The third kappa shape index (κ3) is 3.34. The summed E-state index contributed by atoms with van der Waals surface area (Å²) in [7, 11) is 1.57. The van der Waals surface area contributed by atoms with Crippen LogP contribution >= 0.6 is 0 Å². The molecule has 1 aliphatic rings. The molecule has 0 radical (unpaired) electrons. The maximum Gasteiger partial charge on any atom is 0.249 e. The van der Waals surface area contributed by atoms with E-state index in [0.717, 1.165) is 0 Å². The van der Waals surface area contributed by atoms with Gasteiger partial charge in [0.25, 0.3) is 0 Å². The predicted octanol–water partition coefficient (Wildman–Crippen LogP) is 1.87. The van der Waals surface area contributed by atoms with Crippen molar-refractivity contribution in [2.75, 3.05) is 17.7 Å². The summed E-state index contributed by atoms with van der Waals surface area (Å²) in [4.78, 5) is 33.1. The second-order valence-corrected chi connectivity index (χ2v) is 5.93. The molecule has 27 heavy (non-hydrogen) atoms. The Kier molecular flexibility index (Phi) is 4.25. The van der Waals surface area contributed by atoms with Crippen LogP contribution in [0.1, 0.15) is 12.5 Å². The Morgan fingerprint density at radius 3 is 2.81 bits per heavy atom. The van der Waals surface area contributed by atoms with Gasteiger partial charge in [-0.2, -0.15) is 4.98 Å². The molecule has 0 spiro atoms. The van der Waals surface area contributed by atoms with E-state index in [0.29, 0.717) is 22.8 Å². The fourth-order valence-electron chi connectivity index (χ4n) is 2.78. The van der Waals surface area contributed by atoms with Crippen LogP contribution in [0.25, 0.3) is 11.4 Å². The highest BCUT2D eigenvalue weighted by molar-refractivity contribution is 6.00. The van der Waals surface area contributed by atoms with E-state index in [1.165, 1.54) is 4.68 Å². The molecule has 0 saturated heterocycles. The van der Waals surface area contributed by atoms with E-state index in [2.05, 4.69) is 25.7 Å². The summed E-state index contributed by atoms with van der Waals surface area (Å²) < 4.78 is 6.54. The predicted molar refractivity (Wildman–Crippen MR) is 97.2 cm³/mol. The standard InChI is InChI=1S/C18H16N6O3/c1-27-13-6-4-12(5-7-13)20-17(26)14-9-15(25)21-18-22-16(23-24(14)18)11-3-2-8-19-10-11/h2-8,10,14H,9H2,1H3,(H,20,26)(H,21,22,23,25)/t14-/m0/s1. The Morgan fingerprint density at radius 2 is 2.11 bits per heavy atom. The van der Waals surface area contributed by atoms with E-state index < -0.39 is 6.04 Å². The number of carbonyl (C=O) groups excluding carboxylic acids is 2. The Morgan fingerprint density at radius 1 is 1.30 bits per heavy atom. The first-order valence-corrected chi connectivity index (χ1v) is 8.26. The molecule has 2 amide bonds. The van der Waals surface area contributed by atoms with Gasteiger partial charge >= 0.3 is 0 Å². The molecule has 0 bridgehead atoms. The van der Waals surface area contributed by atoms with Gasteiger partial charge < -0.3 is 10.1 Å². The third-order valence-corrected chi connectivity index (χ3v) is 4.14. The molecule has 0 unspecified atom stereocenters. The second-order valence-electron chi connectivity index (χ2n) is 5.93. The molecule has 9 heteroatoms. The minimum Gasteiger partial charge on any atom is -0.497 e. The van der Waals surface area contributed by atoms with Gasteiger partial charge in [0.15, 0.2) is 5.82 Å². The van der Waals surface area contributed by atoms with Gasteiger partial charge in [-0.3, -0.25) is 19.9 Å². The van der Waals surface area contributed by atoms with E-state index in [1.54, 1.807) is 49.8 Å². The summed E-state index contributed by atoms with van der Waals surface area (Å²) in [5.74, 6) is 0.675. The van der Waals surface area contributed by atoms with Gasteiger partial charge in [0.2, 0.25) is 17.8 Å². The van der Waals surface area contributed by atoms with Gasteiger partial charge in [0.1, 0.15) is 11.8 Å². The Balaban J connectivity index is 1.61. The molecule has 0 saturated carbocycles. The monoisotopic (exact) mass is 364 g/mol. The summed E-state index contributed by atoms with van der Waals surface area (Å²) in [5.41, 5.74) is 1.30. The minimum absolute atomic E-state index is 0.0230. The number of aromatic nitrogens is 4. The smallest absolute Gasteiger partial charge is 0.249 e. The minimum atomic E-state index is -0.797. The average molecular weight is 364 g/mol. The van der Waals surface area contributed by atoms with E-state index in [1.807, 2.05) is 6.07 Å². The molecule has 1 aliphatic heterocycles. The van der Waals surface area contributed by atoms with Gasteiger partial charge in [-0.15, -0.1) is 5.10 Å². The largest absolute Gasteiger partial charge is 0.497 e. The molecule has 2 N–H and O–H groups in total. The fourth-order valence-corrected chi connectivity index (χ4v) is 2.78. The summed E-state index contributed by atoms with van der Waals surface area (Å²) in [6, 6.07) is 9.71. The van der Waals surface area contributed by atoms with Gasteiger partial charge in [-0.1, -0.05) is 0 Å². The van der Waals surface area contributed by atoms with E-state index >= 15 is 0 Å². The highest BCUT2D eigenvalue weighted by Crippen LogP contribution is 2.27. The van der Waals surface area contributed by atoms with Crippen molar-refractivity contribution in [3.05, 3.63) is 48.8 Å². The van der Waals surface area contributed by atoms with E-state index in [9.17, 15) is 9.59 Å². The van der Waals surface area contributed by atoms with Crippen LogP contribution in [0.5, 0.6) is 5.75 Å². The molecule has 0 fully saturated rings. The molecular weight excluding hydrogens is 348 g/mol. The van der Waals surface area contributed by atoms with Crippen LogP contribution in [0.15, 0.2) is 48.8 Å². The Labute approximate surface area is 154 Å². The lowest BCUT2D eigenvalue weighted by molar-refractivity contribution is -0.125. The van der Waals surface area contributed by atoms with E-state index in [4.69, 9.17) is 4.74 Å². The zero-order valence-corrected chi connectivity index (χ0v) is 14.4. The summed E-state index contributed by atoms with van der Waals surface area (Å²) >= 11 is 0. The molecular formula is C18H16N6O3. The zero-order valence-electron chi connectivity index (χ0n) is 14.4. The number of amides is 2. The van der Waals surface area contributed by atoms with Crippen molar-refractivity contribution in [1.29, 1.82) is 0 Å². The number of hydrogen-bond donors (Lipinski definition) is 2. The third-order valence-electron chi connectivity index (χ3n) is 4.14. The first-order valence-electron chi connectivity index (χ1n) is 8.26. The molecule has 1 aromatic carbocycles. The van der Waals surface area contributed by atoms with Gasteiger partial charge in [0.05, 0.1) is 13.5 Å². The fraction of sp³-hybridized carbons (Fsp3) is 0.167. The topological polar surface area (TPSA) is 111 Å². The van der Waals surface area contributed by atoms with Crippen LogP contribution in [0.4, 0.5) is 11.6 Å². The summed E-state index contributed by atoms with van der Waals surface area (Å²) in [5, 5.41) is 9.84. The second kappa shape index (κ2) is 6.87. The number of methoxy groups -OCH3 is 1. The van der Waals surface area contributed by atoms with Crippen molar-refractivity contribution in [1.82, 2.24) is 19.7 Å². The normalized spacial score (nSPS) is 15.6. The lowest BCUT2D eigenvalue weighted by atomic mass is 10.1. The number of fused-ring (bicyclic) bond motifs is 1. The van der Waals surface area contributed by atoms with Crippen molar-refractivity contribution in [2.45, 2.75) is 12.5 Å². The number of rotatable bonds is 4.